The van der Waals surface area contributed by atoms with E-state index in [9.17, 15) is 4.79 Å². The van der Waals surface area contributed by atoms with Gasteiger partial charge in [-0.2, -0.15) is 0 Å². The van der Waals surface area contributed by atoms with E-state index in [0.717, 1.165) is 18.7 Å². The highest BCUT2D eigenvalue weighted by atomic mass is 16.4. The van der Waals surface area contributed by atoms with E-state index in [-0.39, 0.29) is 18.4 Å². The molecule has 2 atom stereocenters. The van der Waals surface area contributed by atoms with E-state index in [2.05, 4.69) is 11.9 Å². The number of hydrogen-bond donors (Lipinski definition) is 2. The molecule has 0 spiro atoms. The predicted octanol–water partition coefficient (Wildman–Crippen LogP) is 1.20. The van der Waals surface area contributed by atoms with E-state index < -0.39 is 5.97 Å². The minimum absolute atomic E-state index is 0.0487. The number of aryl methyl sites for hydroxylation is 1. The maximum atomic E-state index is 10.8. The molecule has 1 aromatic heterocycles. The average Bonchev–Trinajstić information content (AvgIpc) is 2.62. The lowest BCUT2D eigenvalue weighted by molar-refractivity contribution is -0.137. The third kappa shape index (κ3) is 3.06. The predicted molar refractivity (Wildman–Crippen MR) is 61.2 cm³/mol. The Kier molecular flexibility index (Phi) is 4.49. The summed E-state index contributed by atoms with van der Waals surface area (Å²) in [6, 6.07) is -0.191. The number of imidazole rings is 1. The molecule has 0 radical (unpaired) electrons. The molecule has 0 amide bonds. The molecule has 16 heavy (non-hydrogen) atoms. The Morgan fingerprint density at radius 1 is 1.69 bits per heavy atom. The number of aromatic nitrogens is 2. The number of carboxylic acid groups (broad SMARTS) is 1. The number of hydrogen-bond acceptors (Lipinski definition) is 3. The Bertz CT molecular complexity index is 347. The second-order valence-corrected chi connectivity index (χ2v) is 4.08. The van der Waals surface area contributed by atoms with Gasteiger partial charge in [0, 0.05) is 30.4 Å². The molecule has 3 N–H and O–H groups in total. The van der Waals surface area contributed by atoms with E-state index in [1.54, 1.807) is 12.5 Å². The molecule has 0 aliphatic heterocycles. The molecule has 2 unspecified atom stereocenters. The first-order chi connectivity index (χ1) is 7.56. The number of carbonyl (C=O) groups is 1. The van der Waals surface area contributed by atoms with Gasteiger partial charge in [0.25, 0.3) is 0 Å². The molecule has 5 nitrogen and oxygen atoms in total. The molecule has 0 bridgehead atoms. The maximum absolute atomic E-state index is 10.8. The van der Waals surface area contributed by atoms with Gasteiger partial charge in [0.05, 0.1) is 12.7 Å². The van der Waals surface area contributed by atoms with Crippen molar-refractivity contribution in [2.24, 2.45) is 5.73 Å². The van der Waals surface area contributed by atoms with Gasteiger partial charge in [0.2, 0.25) is 0 Å². The number of carboxylic acids is 1. The standard InChI is InChI=1S/C11H19N3O2/c1-3-4-14-7-13-6-10(14)9(8(2)12)5-11(15)16/h6-9H,3-5,12H2,1-2H3,(H,15,16). The SMILES string of the molecule is CCCn1cncc1C(CC(=O)O)C(C)N. The van der Waals surface area contributed by atoms with E-state index in [1.807, 2.05) is 11.5 Å². The highest BCUT2D eigenvalue weighted by molar-refractivity contribution is 5.68. The van der Waals surface area contributed by atoms with Gasteiger partial charge in [0.1, 0.15) is 0 Å². The Morgan fingerprint density at radius 3 is 2.88 bits per heavy atom. The fourth-order valence-electron chi connectivity index (χ4n) is 1.82. The molecule has 1 aromatic rings. The van der Waals surface area contributed by atoms with Gasteiger partial charge in [-0.3, -0.25) is 4.79 Å². The smallest absolute Gasteiger partial charge is 0.304 e. The molecule has 0 aliphatic rings. The van der Waals surface area contributed by atoms with Gasteiger partial charge in [-0.1, -0.05) is 6.92 Å². The lowest BCUT2D eigenvalue weighted by atomic mass is 9.94. The van der Waals surface area contributed by atoms with Gasteiger partial charge in [0.15, 0.2) is 0 Å². The van der Waals surface area contributed by atoms with Crippen molar-refractivity contribution in [1.82, 2.24) is 9.55 Å². The minimum atomic E-state index is -0.827. The Hall–Kier alpha value is -1.36. The maximum Gasteiger partial charge on any atom is 0.304 e. The normalized spacial score (nSPS) is 14.7. The zero-order valence-electron chi connectivity index (χ0n) is 9.76. The van der Waals surface area contributed by atoms with E-state index in [4.69, 9.17) is 10.8 Å². The first kappa shape index (κ1) is 12.7. The molecule has 0 saturated heterocycles. The Labute approximate surface area is 95.3 Å². The van der Waals surface area contributed by atoms with Crippen molar-refractivity contribution in [3.8, 4) is 0 Å². The molecule has 0 fully saturated rings. The first-order valence-electron chi connectivity index (χ1n) is 5.53. The van der Waals surface area contributed by atoms with Crippen molar-refractivity contribution < 1.29 is 9.90 Å². The van der Waals surface area contributed by atoms with Crippen LogP contribution >= 0.6 is 0 Å². The van der Waals surface area contributed by atoms with Gasteiger partial charge in [-0.15, -0.1) is 0 Å². The molecule has 1 rings (SSSR count). The van der Waals surface area contributed by atoms with Crippen LogP contribution in [-0.2, 0) is 11.3 Å². The van der Waals surface area contributed by atoms with Gasteiger partial charge >= 0.3 is 5.97 Å². The number of nitrogens with two attached hydrogens (primary N) is 1. The van der Waals surface area contributed by atoms with Gasteiger partial charge < -0.3 is 15.4 Å². The highest BCUT2D eigenvalue weighted by Gasteiger charge is 2.22. The molecule has 90 valence electrons. The summed E-state index contributed by atoms with van der Waals surface area (Å²) >= 11 is 0. The lowest BCUT2D eigenvalue weighted by Gasteiger charge is -2.20. The molecule has 0 saturated carbocycles. The van der Waals surface area contributed by atoms with Crippen LogP contribution in [-0.4, -0.2) is 26.7 Å². The van der Waals surface area contributed by atoms with Crippen LogP contribution < -0.4 is 5.73 Å². The van der Waals surface area contributed by atoms with Crippen LogP contribution in [0.25, 0.3) is 0 Å². The summed E-state index contributed by atoms with van der Waals surface area (Å²) in [6.45, 7) is 4.75. The number of rotatable bonds is 6. The van der Waals surface area contributed by atoms with Crippen LogP contribution in [0.1, 0.15) is 38.3 Å². The fourth-order valence-corrected chi connectivity index (χ4v) is 1.82. The van der Waals surface area contributed by atoms with Crippen molar-refractivity contribution >= 4 is 5.97 Å². The zero-order chi connectivity index (χ0) is 12.1. The summed E-state index contributed by atoms with van der Waals surface area (Å²) in [5.74, 6) is -1.00. The molecule has 0 aromatic carbocycles. The van der Waals surface area contributed by atoms with Crippen LogP contribution in [0.4, 0.5) is 0 Å². The monoisotopic (exact) mass is 225 g/mol. The van der Waals surface area contributed by atoms with Crippen molar-refractivity contribution in [1.29, 1.82) is 0 Å². The number of nitrogens with zero attached hydrogens (tertiary/aromatic N) is 2. The van der Waals surface area contributed by atoms with Crippen LogP contribution in [0.5, 0.6) is 0 Å². The van der Waals surface area contributed by atoms with Crippen LogP contribution in [0.2, 0.25) is 0 Å². The fraction of sp³-hybridized carbons (Fsp3) is 0.636. The Balaban J connectivity index is 2.91. The summed E-state index contributed by atoms with van der Waals surface area (Å²) < 4.78 is 1.98. The molecular formula is C11H19N3O2. The Morgan fingerprint density at radius 2 is 2.38 bits per heavy atom. The molecule has 0 aliphatic carbocycles. The van der Waals surface area contributed by atoms with Crippen LogP contribution in [0.15, 0.2) is 12.5 Å². The highest BCUT2D eigenvalue weighted by Crippen LogP contribution is 2.22. The summed E-state index contributed by atoms with van der Waals surface area (Å²) in [5.41, 5.74) is 6.75. The van der Waals surface area contributed by atoms with Crippen molar-refractivity contribution in [3.63, 3.8) is 0 Å². The van der Waals surface area contributed by atoms with Crippen molar-refractivity contribution in [2.45, 2.75) is 45.2 Å². The minimum Gasteiger partial charge on any atom is -0.481 e. The van der Waals surface area contributed by atoms with Gasteiger partial charge in [-0.25, -0.2) is 4.98 Å². The summed E-state index contributed by atoms with van der Waals surface area (Å²) in [7, 11) is 0. The number of aliphatic carboxylic acids is 1. The van der Waals surface area contributed by atoms with E-state index in [0.29, 0.717) is 0 Å². The zero-order valence-corrected chi connectivity index (χ0v) is 9.76. The third-order valence-corrected chi connectivity index (χ3v) is 2.62. The van der Waals surface area contributed by atoms with Crippen LogP contribution in [0, 0.1) is 0 Å². The third-order valence-electron chi connectivity index (χ3n) is 2.62. The largest absolute Gasteiger partial charge is 0.481 e. The second kappa shape index (κ2) is 5.65. The van der Waals surface area contributed by atoms with E-state index >= 15 is 0 Å². The van der Waals surface area contributed by atoms with Crippen molar-refractivity contribution in [3.05, 3.63) is 18.2 Å². The quantitative estimate of drug-likeness (QED) is 0.762. The second-order valence-electron chi connectivity index (χ2n) is 4.08. The summed E-state index contributed by atoms with van der Waals surface area (Å²) in [5, 5.41) is 8.87. The average molecular weight is 225 g/mol. The first-order valence-corrected chi connectivity index (χ1v) is 5.53. The molecule has 1 heterocycles. The molecular weight excluding hydrogens is 206 g/mol. The molecule has 5 heteroatoms. The van der Waals surface area contributed by atoms with Crippen LogP contribution in [0.3, 0.4) is 0 Å². The summed E-state index contributed by atoms with van der Waals surface area (Å²) in [4.78, 5) is 14.9. The van der Waals surface area contributed by atoms with Gasteiger partial charge in [-0.05, 0) is 13.3 Å². The van der Waals surface area contributed by atoms with Crippen molar-refractivity contribution in [2.75, 3.05) is 0 Å². The lowest BCUT2D eigenvalue weighted by Crippen LogP contribution is -2.28. The van der Waals surface area contributed by atoms with E-state index in [1.165, 1.54) is 0 Å². The summed E-state index contributed by atoms with van der Waals surface area (Å²) in [6.07, 6.45) is 4.48. The topological polar surface area (TPSA) is 81.1 Å².